The number of aromatic nitrogens is 1. The monoisotopic (exact) mass is 359 g/mol. The first-order valence-corrected chi connectivity index (χ1v) is 7.81. The predicted octanol–water partition coefficient (Wildman–Crippen LogP) is 1.11. The maximum Gasteiger partial charge on any atom is 0.274 e. The Morgan fingerprint density at radius 1 is 1.19 bits per heavy atom. The number of anilines is 1. The Morgan fingerprint density at radius 2 is 1.85 bits per heavy atom. The van der Waals surface area contributed by atoms with Gasteiger partial charge >= 0.3 is 0 Å². The molecule has 8 heteroatoms. The molecule has 0 aliphatic heterocycles. The molecule has 8 nitrogen and oxygen atoms in total. The third-order valence-corrected chi connectivity index (χ3v) is 3.54. The lowest BCUT2D eigenvalue weighted by Gasteiger charge is -2.14. The SMILES string of the molecule is COc1ccccc1OCC(=O)Nc1cc(C(=O)N(C)C)cn(C)c1=O. The minimum atomic E-state index is -0.526. The van der Waals surface area contributed by atoms with Gasteiger partial charge in [-0.3, -0.25) is 14.4 Å². The van der Waals surface area contributed by atoms with E-state index in [1.54, 1.807) is 38.4 Å². The van der Waals surface area contributed by atoms with Gasteiger partial charge in [-0.2, -0.15) is 0 Å². The van der Waals surface area contributed by atoms with Gasteiger partial charge in [0, 0.05) is 27.3 Å². The zero-order valence-corrected chi connectivity index (χ0v) is 15.1. The maximum atomic E-state index is 12.2. The molecule has 1 aromatic heterocycles. The number of aryl methyl sites for hydroxylation is 1. The number of ether oxygens (including phenoxy) is 2. The minimum absolute atomic E-state index is 0.00817. The smallest absolute Gasteiger partial charge is 0.274 e. The Labute approximate surface area is 150 Å². The van der Waals surface area contributed by atoms with Crippen molar-refractivity contribution in [1.82, 2.24) is 9.47 Å². The second-order valence-electron chi connectivity index (χ2n) is 5.75. The Bertz CT molecular complexity index is 873. The molecule has 1 heterocycles. The number of pyridine rings is 1. The van der Waals surface area contributed by atoms with Crippen molar-refractivity contribution in [2.45, 2.75) is 0 Å². The quantitative estimate of drug-likeness (QED) is 0.835. The van der Waals surface area contributed by atoms with Crippen molar-refractivity contribution < 1.29 is 19.1 Å². The molecule has 0 saturated carbocycles. The number of nitrogens with zero attached hydrogens (tertiary/aromatic N) is 2. The van der Waals surface area contributed by atoms with Gasteiger partial charge < -0.3 is 24.3 Å². The molecule has 26 heavy (non-hydrogen) atoms. The number of nitrogens with one attached hydrogen (secondary N) is 1. The Morgan fingerprint density at radius 3 is 2.46 bits per heavy atom. The average Bonchev–Trinajstić information content (AvgIpc) is 2.63. The van der Waals surface area contributed by atoms with Crippen LogP contribution in [0, 0.1) is 0 Å². The van der Waals surface area contributed by atoms with Crippen LogP contribution in [0.1, 0.15) is 10.4 Å². The Hall–Kier alpha value is -3.29. The summed E-state index contributed by atoms with van der Waals surface area (Å²) in [4.78, 5) is 37.8. The molecule has 0 aliphatic rings. The number of hydrogen-bond acceptors (Lipinski definition) is 5. The van der Waals surface area contributed by atoms with E-state index in [0.29, 0.717) is 11.5 Å². The molecule has 0 atom stereocenters. The highest BCUT2D eigenvalue weighted by molar-refractivity contribution is 5.96. The van der Waals surface area contributed by atoms with Crippen LogP contribution in [0.2, 0.25) is 0 Å². The number of carbonyl (C=O) groups is 2. The van der Waals surface area contributed by atoms with Crippen LogP contribution in [0.25, 0.3) is 0 Å². The van der Waals surface area contributed by atoms with Gasteiger partial charge in [-0.15, -0.1) is 0 Å². The molecule has 138 valence electrons. The summed E-state index contributed by atoms with van der Waals surface area (Å²) < 4.78 is 11.8. The van der Waals surface area contributed by atoms with Gasteiger partial charge in [-0.05, 0) is 18.2 Å². The van der Waals surface area contributed by atoms with Crippen LogP contribution in [0.15, 0.2) is 41.3 Å². The minimum Gasteiger partial charge on any atom is -0.493 e. The van der Waals surface area contributed by atoms with Gasteiger partial charge in [0.15, 0.2) is 18.1 Å². The van der Waals surface area contributed by atoms with Gasteiger partial charge in [0.2, 0.25) is 0 Å². The predicted molar refractivity (Wildman–Crippen MR) is 96.8 cm³/mol. The number of para-hydroxylation sites is 2. The lowest BCUT2D eigenvalue weighted by atomic mass is 10.2. The van der Waals surface area contributed by atoms with E-state index in [-0.39, 0.29) is 23.8 Å². The molecule has 0 aliphatic carbocycles. The van der Waals surface area contributed by atoms with Crippen LogP contribution in [-0.2, 0) is 11.8 Å². The molecular formula is C18H21N3O5. The van der Waals surface area contributed by atoms with Gasteiger partial charge in [-0.25, -0.2) is 0 Å². The van der Waals surface area contributed by atoms with Crippen LogP contribution in [0.5, 0.6) is 11.5 Å². The highest BCUT2D eigenvalue weighted by Gasteiger charge is 2.15. The molecule has 0 bridgehead atoms. The van der Waals surface area contributed by atoms with Crippen LogP contribution in [0.4, 0.5) is 5.69 Å². The zero-order chi connectivity index (χ0) is 19.3. The van der Waals surface area contributed by atoms with Crippen LogP contribution < -0.4 is 20.3 Å². The van der Waals surface area contributed by atoms with E-state index in [1.165, 1.54) is 35.9 Å². The molecule has 1 aromatic carbocycles. The summed E-state index contributed by atoms with van der Waals surface area (Å²) in [7, 11) is 6.22. The van der Waals surface area contributed by atoms with Crippen molar-refractivity contribution in [3.63, 3.8) is 0 Å². The van der Waals surface area contributed by atoms with Crippen molar-refractivity contribution >= 4 is 17.5 Å². The van der Waals surface area contributed by atoms with Crippen molar-refractivity contribution in [2.75, 3.05) is 33.1 Å². The summed E-state index contributed by atoms with van der Waals surface area (Å²) in [5.41, 5.74) is -0.127. The first-order chi connectivity index (χ1) is 12.3. The number of rotatable bonds is 6. The summed E-state index contributed by atoms with van der Waals surface area (Å²) in [6.07, 6.45) is 1.42. The van der Waals surface area contributed by atoms with E-state index < -0.39 is 11.5 Å². The lowest BCUT2D eigenvalue weighted by molar-refractivity contribution is -0.118. The van der Waals surface area contributed by atoms with Gasteiger partial charge in [-0.1, -0.05) is 12.1 Å². The normalized spacial score (nSPS) is 10.2. The number of amides is 2. The zero-order valence-electron chi connectivity index (χ0n) is 15.1. The summed E-state index contributed by atoms with van der Waals surface area (Å²) in [5, 5.41) is 2.48. The van der Waals surface area contributed by atoms with Crippen molar-refractivity contribution in [1.29, 1.82) is 0 Å². The largest absolute Gasteiger partial charge is 0.493 e. The van der Waals surface area contributed by atoms with E-state index in [4.69, 9.17) is 9.47 Å². The number of methoxy groups -OCH3 is 1. The van der Waals surface area contributed by atoms with Crippen molar-refractivity contribution in [3.8, 4) is 11.5 Å². The van der Waals surface area contributed by atoms with Crippen LogP contribution in [-0.4, -0.2) is 49.1 Å². The molecule has 0 saturated heterocycles. The van der Waals surface area contributed by atoms with Crippen molar-refractivity contribution in [2.24, 2.45) is 7.05 Å². The fraction of sp³-hybridized carbons (Fsp3) is 0.278. The first-order valence-electron chi connectivity index (χ1n) is 7.81. The molecule has 2 amide bonds. The van der Waals surface area contributed by atoms with E-state index in [0.717, 1.165) is 0 Å². The highest BCUT2D eigenvalue weighted by atomic mass is 16.5. The van der Waals surface area contributed by atoms with Gasteiger partial charge in [0.05, 0.1) is 12.7 Å². The third-order valence-electron chi connectivity index (χ3n) is 3.54. The molecule has 2 rings (SSSR count). The molecule has 0 unspecified atom stereocenters. The highest BCUT2D eigenvalue weighted by Crippen LogP contribution is 2.25. The summed E-state index contributed by atoms with van der Waals surface area (Å²) in [5.74, 6) is 0.105. The van der Waals surface area contributed by atoms with Crippen molar-refractivity contribution in [3.05, 3.63) is 52.4 Å². The van der Waals surface area contributed by atoms with E-state index >= 15 is 0 Å². The van der Waals surface area contributed by atoms with E-state index in [2.05, 4.69) is 5.32 Å². The maximum absolute atomic E-state index is 12.2. The summed E-state index contributed by atoms with van der Waals surface area (Å²) in [6.45, 7) is -0.310. The summed E-state index contributed by atoms with van der Waals surface area (Å²) in [6, 6.07) is 8.26. The third kappa shape index (κ3) is 4.41. The fourth-order valence-electron chi connectivity index (χ4n) is 2.24. The van der Waals surface area contributed by atoms with Crippen LogP contribution in [0.3, 0.4) is 0 Å². The number of hydrogen-bond donors (Lipinski definition) is 1. The summed E-state index contributed by atoms with van der Waals surface area (Å²) >= 11 is 0. The molecule has 2 aromatic rings. The number of carbonyl (C=O) groups excluding carboxylic acids is 2. The second-order valence-corrected chi connectivity index (χ2v) is 5.75. The molecule has 0 spiro atoms. The molecule has 0 radical (unpaired) electrons. The molecule has 0 fully saturated rings. The standard InChI is InChI=1S/C18H21N3O5/c1-20(2)17(23)12-9-13(18(24)21(3)10-12)19-16(22)11-26-15-8-6-5-7-14(15)25-4/h5-10H,11H2,1-4H3,(H,19,22). The number of benzene rings is 1. The Kier molecular flexibility index (Phi) is 6.00. The van der Waals surface area contributed by atoms with E-state index in [1.807, 2.05) is 0 Å². The van der Waals surface area contributed by atoms with Gasteiger partial charge in [0.25, 0.3) is 17.4 Å². The Balaban J connectivity index is 2.13. The molecular weight excluding hydrogens is 338 g/mol. The first kappa shape index (κ1) is 19.0. The fourth-order valence-corrected chi connectivity index (χ4v) is 2.24. The van der Waals surface area contributed by atoms with Crippen LogP contribution >= 0.6 is 0 Å². The molecule has 1 N–H and O–H groups in total. The lowest BCUT2D eigenvalue weighted by Crippen LogP contribution is -2.29. The van der Waals surface area contributed by atoms with E-state index in [9.17, 15) is 14.4 Å². The second kappa shape index (κ2) is 8.19. The topological polar surface area (TPSA) is 89.9 Å². The average molecular weight is 359 g/mol. The van der Waals surface area contributed by atoms with Gasteiger partial charge in [0.1, 0.15) is 5.69 Å².